The smallest absolute Gasteiger partial charge is 0.407 e. The number of ketones is 1. The van der Waals surface area contributed by atoms with E-state index in [0.717, 1.165) is 22.9 Å². The van der Waals surface area contributed by atoms with Crippen molar-refractivity contribution < 1.29 is 42.1 Å². The third kappa shape index (κ3) is 16.0. The van der Waals surface area contributed by atoms with Gasteiger partial charge in [0.2, 0.25) is 27.7 Å². The van der Waals surface area contributed by atoms with Crippen molar-refractivity contribution in [3.05, 3.63) is 82.4 Å². The van der Waals surface area contributed by atoms with Crippen LogP contribution in [0, 0.1) is 10.1 Å². The number of Topliss-reactive ketones (excluding diaryl/α,β-unsaturated/α-hetero) is 1. The van der Waals surface area contributed by atoms with Crippen LogP contribution in [0.4, 0.5) is 10.5 Å². The summed E-state index contributed by atoms with van der Waals surface area (Å²) in [5.41, 5.74) is 4.91. The van der Waals surface area contributed by atoms with Gasteiger partial charge in [-0.1, -0.05) is 54.6 Å². The lowest BCUT2D eigenvalue weighted by molar-refractivity contribution is -0.387. The van der Waals surface area contributed by atoms with E-state index in [-0.39, 0.29) is 63.5 Å². The molecule has 19 nitrogen and oxygen atoms in total. The van der Waals surface area contributed by atoms with Crippen molar-refractivity contribution >= 4 is 62.0 Å². The van der Waals surface area contributed by atoms with E-state index in [0.29, 0.717) is 5.56 Å². The van der Waals surface area contributed by atoms with Gasteiger partial charge in [0, 0.05) is 32.6 Å². The Labute approximate surface area is 342 Å². The van der Waals surface area contributed by atoms with E-state index in [1.807, 2.05) is 36.4 Å². The summed E-state index contributed by atoms with van der Waals surface area (Å²) in [6.07, 6.45) is -0.759. The Balaban J connectivity index is 1.94. The Morgan fingerprint density at radius 3 is 2.05 bits per heavy atom. The fourth-order valence-corrected chi connectivity index (χ4v) is 7.10. The van der Waals surface area contributed by atoms with Crippen LogP contribution in [0.3, 0.4) is 0 Å². The second kappa shape index (κ2) is 22.1. The molecule has 0 bridgehead atoms. The van der Waals surface area contributed by atoms with Crippen LogP contribution in [0.2, 0.25) is 0 Å². The van der Waals surface area contributed by atoms with Crippen LogP contribution in [0.25, 0.3) is 10.8 Å². The van der Waals surface area contributed by atoms with Crippen molar-refractivity contribution in [3.63, 3.8) is 0 Å². The molecule has 320 valence electrons. The van der Waals surface area contributed by atoms with Crippen molar-refractivity contribution in [2.75, 3.05) is 26.7 Å². The Hall–Kier alpha value is -6.15. The molecule has 3 rings (SSSR count). The molecule has 0 saturated heterocycles. The zero-order valence-electron chi connectivity index (χ0n) is 33.7. The number of rotatable bonds is 21. The highest BCUT2D eigenvalue weighted by atomic mass is 32.2. The number of nitrogens with zero attached hydrogens (tertiary/aromatic N) is 2. The van der Waals surface area contributed by atoms with Crippen LogP contribution in [-0.2, 0) is 40.4 Å². The summed E-state index contributed by atoms with van der Waals surface area (Å²) in [5.74, 6) is -2.63. The Morgan fingerprint density at radius 1 is 0.814 bits per heavy atom. The second-order valence-corrected chi connectivity index (χ2v) is 16.3. The van der Waals surface area contributed by atoms with Gasteiger partial charge in [0.15, 0.2) is 10.9 Å². The first-order valence-corrected chi connectivity index (χ1v) is 20.3. The van der Waals surface area contributed by atoms with Gasteiger partial charge in [-0.3, -0.25) is 34.3 Å². The zero-order chi connectivity index (χ0) is 43.8. The Kier molecular flexibility index (Phi) is 17.7. The number of ether oxygens (including phenoxy) is 1. The standard InChI is InChI=1S/C39H53N9O10S/c1-25(49)24-44-34(50)31(23-26-18-19-27-12-6-7-13-28(27)22-26)46-35(51)29(14-10-20-42-37(40)41-5)45-36(52)30(15-11-21-43-38(53)58-39(2,3)4)47-59(56,57)33-17-9-8-16-32(33)48(54)55/h6-9,12-13,16-19,22,29-31,47H,10-11,14-15,20-21,23-24H2,1-5H3,(H,43,53)(H,44,50)(H,45,52)(H,46,51)(H3,40,41,42)/t29-,30+,31?/m0/s1. The molecule has 8 N–H and O–H groups in total. The molecule has 0 aliphatic carbocycles. The lowest BCUT2D eigenvalue weighted by Gasteiger charge is -2.26. The predicted octanol–water partition coefficient (Wildman–Crippen LogP) is 1.93. The number of hydrogen-bond donors (Lipinski definition) is 7. The van der Waals surface area contributed by atoms with Gasteiger partial charge in [0.1, 0.15) is 29.5 Å². The van der Waals surface area contributed by atoms with Crippen LogP contribution in [-0.4, -0.2) is 99.3 Å². The number of hydrogen-bond acceptors (Lipinski definition) is 11. The van der Waals surface area contributed by atoms with Crippen molar-refractivity contribution in [2.24, 2.45) is 10.7 Å². The first-order valence-electron chi connectivity index (χ1n) is 18.8. The number of nitro benzene ring substituents is 1. The van der Waals surface area contributed by atoms with E-state index in [1.54, 1.807) is 26.8 Å². The maximum atomic E-state index is 14.1. The predicted molar refractivity (Wildman–Crippen MR) is 221 cm³/mol. The number of nitro groups is 1. The number of nitrogens with one attached hydrogen (secondary N) is 6. The molecule has 59 heavy (non-hydrogen) atoms. The van der Waals surface area contributed by atoms with Gasteiger partial charge in [0.25, 0.3) is 5.69 Å². The lowest BCUT2D eigenvalue weighted by Crippen LogP contribution is -2.57. The Bertz CT molecular complexity index is 2120. The highest BCUT2D eigenvalue weighted by Crippen LogP contribution is 2.23. The molecule has 4 amide bonds. The normalized spacial score (nSPS) is 13.3. The van der Waals surface area contributed by atoms with E-state index in [4.69, 9.17) is 10.5 Å². The summed E-state index contributed by atoms with van der Waals surface area (Å²) in [6, 6.07) is 13.5. The lowest BCUT2D eigenvalue weighted by atomic mass is 10.0. The molecule has 0 fully saturated rings. The number of amides is 4. The van der Waals surface area contributed by atoms with Crippen molar-refractivity contribution in [3.8, 4) is 0 Å². The molecule has 0 spiro atoms. The van der Waals surface area contributed by atoms with Gasteiger partial charge in [-0.05, 0) is 75.8 Å². The molecule has 0 aromatic heterocycles. The molecule has 0 aliphatic heterocycles. The molecular formula is C39H53N9O10S. The van der Waals surface area contributed by atoms with Gasteiger partial charge in [-0.25, -0.2) is 13.2 Å². The summed E-state index contributed by atoms with van der Waals surface area (Å²) < 4.78 is 34.7. The number of alkyl carbamates (subject to hydrolysis) is 1. The number of fused-ring (bicyclic) bond motifs is 1. The molecule has 3 atom stereocenters. The topological polar surface area (TPSA) is 282 Å². The third-order valence-electron chi connectivity index (χ3n) is 8.55. The average molecular weight is 840 g/mol. The van der Waals surface area contributed by atoms with Gasteiger partial charge >= 0.3 is 6.09 Å². The van der Waals surface area contributed by atoms with Crippen LogP contribution in [0.15, 0.2) is 76.6 Å². The van der Waals surface area contributed by atoms with Gasteiger partial charge < -0.3 is 37.1 Å². The van der Waals surface area contributed by atoms with Gasteiger partial charge in [0.05, 0.1) is 11.5 Å². The largest absolute Gasteiger partial charge is 0.444 e. The maximum absolute atomic E-state index is 14.1. The second-order valence-electron chi connectivity index (χ2n) is 14.6. The molecule has 0 aliphatic rings. The number of sulfonamides is 1. The highest BCUT2D eigenvalue weighted by Gasteiger charge is 2.33. The summed E-state index contributed by atoms with van der Waals surface area (Å²) in [6.45, 7) is 6.18. The molecule has 1 unspecified atom stereocenters. The number of nitrogens with two attached hydrogens (primary N) is 1. The minimum atomic E-state index is -4.72. The minimum Gasteiger partial charge on any atom is -0.444 e. The molecule has 20 heteroatoms. The SMILES string of the molecule is CN=C(N)NCCC[C@H](NC(=O)[C@@H](CCCNC(=O)OC(C)(C)C)NS(=O)(=O)c1ccccc1[N+](=O)[O-])C(=O)NC(Cc1ccc2ccccc2c1)C(=O)NCC(C)=O. The number of para-hydroxylation sites is 1. The average Bonchev–Trinajstić information content (AvgIpc) is 3.17. The van der Waals surface area contributed by atoms with E-state index >= 15 is 0 Å². The third-order valence-corrected chi connectivity index (χ3v) is 10.1. The first kappa shape index (κ1) is 47.2. The summed E-state index contributed by atoms with van der Waals surface area (Å²) >= 11 is 0. The summed E-state index contributed by atoms with van der Waals surface area (Å²) in [5, 5.41) is 26.8. The quantitative estimate of drug-likeness (QED) is 0.0267. The van der Waals surface area contributed by atoms with E-state index < -0.39 is 73.1 Å². The van der Waals surface area contributed by atoms with Crippen molar-refractivity contribution in [1.82, 2.24) is 31.3 Å². The van der Waals surface area contributed by atoms with E-state index in [1.165, 1.54) is 26.1 Å². The van der Waals surface area contributed by atoms with Crippen molar-refractivity contribution in [1.29, 1.82) is 0 Å². The maximum Gasteiger partial charge on any atom is 0.407 e. The molecule has 3 aromatic rings. The zero-order valence-corrected chi connectivity index (χ0v) is 34.5. The van der Waals surface area contributed by atoms with Crippen LogP contribution < -0.4 is 37.0 Å². The summed E-state index contributed by atoms with van der Waals surface area (Å²) in [4.78, 5) is 79.6. The summed E-state index contributed by atoms with van der Waals surface area (Å²) in [7, 11) is -3.25. The molecule has 3 aromatic carbocycles. The van der Waals surface area contributed by atoms with E-state index in [9.17, 15) is 42.5 Å². The molecular weight excluding hydrogens is 787 g/mol. The monoisotopic (exact) mass is 839 g/mol. The molecule has 0 saturated carbocycles. The number of benzene rings is 3. The van der Waals surface area contributed by atoms with Crippen molar-refractivity contribution in [2.45, 2.75) is 88.4 Å². The Morgan fingerprint density at radius 2 is 1.41 bits per heavy atom. The fourth-order valence-electron chi connectivity index (χ4n) is 5.70. The van der Waals surface area contributed by atoms with Gasteiger partial charge in [-0.15, -0.1) is 0 Å². The molecule has 0 radical (unpaired) electrons. The number of guanidine groups is 1. The number of carbonyl (C=O) groups is 5. The number of carbonyl (C=O) groups excluding carboxylic acids is 5. The number of aliphatic imine (C=N–C) groups is 1. The van der Waals surface area contributed by atoms with Crippen LogP contribution in [0.1, 0.15) is 58.9 Å². The van der Waals surface area contributed by atoms with E-state index in [2.05, 4.69) is 36.3 Å². The van der Waals surface area contributed by atoms with Crippen LogP contribution >= 0.6 is 0 Å². The minimum absolute atomic E-state index is 0.00889. The highest BCUT2D eigenvalue weighted by molar-refractivity contribution is 7.89. The fraction of sp³-hybridized carbons (Fsp3) is 0.436. The first-order chi connectivity index (χ1) is 27.8. The molecule has 0 heterocycles. The van der Waals surface area contributed by atoms with Gasteiger partial charge in [-0.2, -0.15) is 4.72 Å². The van der Waals surface area contributed by atoms with Crippen LogP contribution in [0.5, 0.6) is 0 Å².